The minimum atomic E-state index is -0.683. The molecular formula is C30H35FN2O3. The Bertz CT molecular complexity index is 1060. The topological polar surface area (TPSA) is 58.6 Å². The third-order valence-corrected chi connectivity index (χ3v) is 5.91. The lowest BCUT2D eigenvalue weighted by Crippen LogP contribution is -2.50. The maximum Gasteiger partial charge on any atom is 0.243 e. The Hall–Kier alpha value is -3.67. The molecule has 5 nitrogen and oxygen atoms in total. The van der Waals surface area contributed by atoms with Gasteiger partial charge in [-0.05, 0) is 48.2 Å². The Morgan fingerprint density at radius 2 is 1.56 bits per heavy atom. The highest BCUT2D eigenvalue weighted by atomic mass is 19.1. The summed E-state index contributed by atoms with van der Waals surface area (Å²) in [6, 6.07) is 24.5. The van der Waals surface area contributed by atoms with Gasteiger partial charge in [-0.3, -0.25) is 9.59 Å². The first kappa shape index (κ1) is 26.9. The third kappa shape index (κ3) is 8.84. The fourth-order valence-electron chi connectivity index (χ4n) is 3.92. The third-order valence-electron chi connectivity index (χ3n) is 5.91. The van der Waals surface area contributed by atoms with E-state index in [1.165, 1.54) is 12.1 Å². The van der Waals surface area contributed by atoms with Crippen molar-refractivity contribution in [1.82, 2.24) is 10.2 Å². The number of rotatable bonds is 14. The monoisotopic (exact) mass is 490 g/mol. The molecule has 0 aliphatic heterocycles. The molecule has 0 aliphatic rings. The number of benzene rings is 3. The van der Waals surface area contributed by atoms with Crippen LogP contribution in [0.5, 0.6) is 5.75 Å². The van der Waals surface area contributed by atoms with Crippen molar-refractivity contribution >= 4 is 11.8 Å². The zero-order valence-electron chi connectivity index (χ0n) is 20.9. The molecule has 0 saturated carbocycles. The summed E-state index contributed by atoms with van der Waals surface area (Å²) in [7, 11) is 0. The number of hydrogen-bond acceptors (Lipinski definition) is 3. The fraction of sp³-hybridized carbons (Fsp3) is 0.333. The van der Waals surface area contributed by atoms with Gasteiger partial charge in [-0.2, -0.15) is 0 Å². The molecule has 1 atom stereocenters. The van der Waals surface area contributed by atoms with E-state index in [-0.39, 0.29) is 30.6 Å². The maximum absolute atomic E-state index is 13.5. The predicted molar refractivity (Wildman–Crippen MR) is 140 cm³/mol. The molecule has 0 radical (unpaired) electrons. The smallest absolute Gasteiger partial charge is 0.243 e. The van der Waals surface area contributed by atoms with Gasteiger partial charge in [0.1, 0.15) is 17.6 Å². The largest absolute Gasteiger partial charge is 0.494 e. The number of carbonyl (C=O) groups is 2. The van der Waals surface area contributed by atoms with Crippen LogP contribution in [0.3, 0.4) is 0 Å². The van der Waals surface area contributed by atoms with E-state index in [0.29, 0.717) is 26.0 Å². The van der Waals surface area contributed by atoms with Crippen LogP contribution in [0, 0.1) is 5.82 Å². The molecule has 190 valence electrons. The van der Waals surface area contributed by atoms with Crippen LogP contribution in [-0.2, 0) is 22.6 Å². The highest BCUT2D eigenvalue weighted by Crippen LogP contribution is 2.17. The zero-order valence-corrected chi connectivity index (χ0v) is 20.9. The Labute approximate surface area is 213 Å². The highest BCUT2D eigenvalue weighted by Gasteiger charge is 2.30. The van der Waals surface area contributed by atoms with Gasteiger partial charge in [0, 0.05) is 25.9 Å². The van der Waals surface area contributed by atoms with Gasteiger partial charge in [0.05, 0.1) is 6.61 Å². The van der Waals surface area contributed by atoms with Gasteiger partial charge in [-0.25, -0.2) is 4.39 Å². The van der Waals surface area contributed by atoms with Crippen molar-refractivity contribution in [2.75, 3.05) is 13.2 Å². The van der Waals surface area contributed by atoms with E-state index in [0.717, 1.165) is 29.7 Å². The lowest BCUT2D eigenvalue weighted by molar-refractivity contribution is -0.141. The number of ether oxygens (including phenoxy) is 1. The van der Waals surface area contributed by atoms with E-state index in [9.17, 15) is 14.0 Å². The summed E-state index contributed by atoms with van der Waals surface area (Å²) in [5, 5.41) is 3.01. The van der Waals surface area contributed by atoms with E-state index < -0.39 is 6.04 Å². The number of halogens is 1. The van der Waals surface area contributed by atoms with Crippen molar-refractivity contribution in [2.45, 2.75) is 51.6 Å². The highest BCUT2D eigenvalue weighted by molar-refractivity contribution is 5.88. The minimum Gasteiger partial charge on any atom is -0.494 e. The van der Waals surface area contributed by atoms with Crippen LogP contribution in [0.15, 0.2) is 84.9 Å². The first-order valence-corrected chi connectivity index (χ1v) is 12.6. The van der Waals surface area contributed by atoms with Gasteiger partial charge >= 0.3 is 0 Å². The molecule has 3 aromatic carbocycles. The molecule has 1 N–H and O–H groups in total. The number of amides is 2. The Balaban J connectivity index is 1.77. The molecule has 0 saturated heterocycles. The normalized spacial score (nSPS) is 11.5. The molecular weight excluding hydrogens is 455 g/mol. The second-order valence-corrected chi connectivity index (χ2v) is 8.76. The second kappa shape index (κ2) is 14.7. The van der Waals surface area contributed by atoms with Gasteiger partial charge in [-0.15, -0.1) is 0 Å². The summed E-state index contributed by atoms with van der Waals surface area (Å²) in [5.74, 6) is 0.101. The lowest BCUT2D eigenvalue weighted by atomic mass is 10.0. The zero-order chi connectivity index (χ0) is 25.6. The molecule has 0 aromatic heterocycles. The Kier molecular flexibility index (Phi) is 11.0. The van der Waals surface area contributed by atoms with E-state index >= 15 is 0 Å². The van der Waals surface area contributed by atoms with Crippen LogP contribution in [0.4, 0.5) is 4.39 Å². The molecule has 0 fully saturated rings. The van der Waals surface area contributed by atoms with Crippen molar-refractivity contribution in [3.05, 3.63) is 102 Å². The maximum atomic E-state index is 13.5. The second-order valence-electron chi connectivity index (χ2n) is 8.76. The quantitative estimate of drug-likeness (QED) is 0.302. The van der Waals surface area contributed by atoms with E-state index in [2.05, 4.69) is 12.2 Å². The van der Waals surface area contributed by atoms with Crippen molar-refractivity contribution in [3.8, 4) is 5.75 Å². The van der Waals surface area contributed by atoms with Crippen LogP contribution in [0.2, 0.25) is 0 Å². The van der Waals surface area contributed by atoms with E-state index in [1.54, 1.807) is 17.0 Å². The molecule has 2 amide bonds. The molecule has 36 heavy (non-hydrogen) atoms. The number of unbranched alkanes of at least 4 members (excludes halogenated alkanes) is 1. The minimum absolute atomic E-state index is 0.137. The van der Waals surface area contributed by atoms with Crippen LogP contribution in [0.1, 0.15) is 43.7 Å². The Morgan fingerprint density at radius 1 is 0.889 bits per heavy atom. The summed E-state index contributed by atoms with van der Waals surface area (Å²) >= 11 is 0. The number of carbonyl (C=O) groups excluding carboxylic acids is 2. The molecule has 6 heteroatoms. The van der Waals surface area contributed by atoms with Crippen molar-refractivity contribution in [2.24, 2.45) is 0 Å². The van der Waals surface area contributed by atoms with Gasteiger partial charge in [0.15, 0.2) is 0 Å². The number of hydrogen-bond donors (Lipinski definition) is 1. The lowest BCUT2D eigenvalue weighted by Gasteiger charge is -2.31. The molecule has 3 aromatic rings. The number of nitrogens with one attached hydrogen (secondary N) is 1. The van der Waals surface area contributed by atoms with Gasteiger partial charge in [0.2, 0.25) is 11.8 Å². The van der Waals surface area contributed by atoms with Crippen LogP contribution in [0.25, 0.3) is 0 Å². The summed E-state index contributed by atoms with van der Waals surface area (Å²) in [4.78, 5) is 28.5. The van der Waals surface area contributed by atoms with Gasteiger partial charge in [-0.1, -0.05) is 74.0 Å². The fourth-order valence-corrected chi connectivity index (χ4v) is 3.92. The average molecular weight is 491 g/mol. The van der Waals surface area contributed by atoms with Gasteiger partial charge in [0.25, 0.3) is 0 Å². The molecule has 0 spiro atoms. The summed E-state index contributed by atoms with van der Waals surface area (Å²) in [6.45, 7) is 3.24. The summed E-state index contributed by atoms with van der Waals surface area (Å²) in [6.07, 6.45) is 2.98. The van der Waals surface area contributed by atoms with Crippen molar-refractivity contribution < 1.29 is 18.7 Å². The summed E-state index contributed by atoms with van der Waals surface area (Å²) in [5.41, 5.74) is 1.74. The number of para-hydroxylation sites is 1. The van der Waals surface area contributed by atoms with Crippen LogP contribution < -0.4 is 10.1 Å². The van der Waals surface area contributed by atoms with E-state index in [1.807, 2.05) is 60.7 Å². The first-order chi connectivity index (χ1) is 17.6. The van der Waals surface area contributed by atoms with Crippen LogP contribution in [-0.4, -0.2) is 35.9 Å². The standard InChI is InChI=1S/C30H35FN2O3/c1-2-3-20-32-30(35)28(22-24-11-6-4-7-12-24)33(23-25-16-18-26(31)19-17-25)29(34)15-10-21-36-27-13-8-5-9-14-27/h4-9,11-14,16-19,28H,2-3,10,15,20-23H2,1H3,(H,32,35)/t28-/m1/s1. The molecule has 0 aliphatic carbocycles. The molecule has 3 rings (SSSR count). The van der Waals surface area contributed by atoms with E-state index in [4.69, 9.17) is 4.74 Å². The average Bonchev–Trinajstić information content (AvgIpc) is 2.91. The predicted octanol–water partition coefficient (Wildman–Crippen LogP) is 5.54. The first-order valence-electron chi connectivity index (χ1n) is 12.6. The van der Waals surface area contributed by atoms with Crippen LogP contribution >= 0.6 is 0 Å². The number of nitrogens with zero attached hydrogens (tertiary/aromatic N) is 1. The summed E-state index contributed by atoms with van der Waals surface area (Å²) < 4.78 is 19.3. The van der Waals surface area contributed by atoms with Crippen molar-refractivity contribution in [1.29, 1.82) is 0 Å². The Morgan fingerprint density at radius 3 is 2.22 bits per heavy atom. The molecule has 0 unspecified atom stereocenters. The van der Waals surface area contributed by atoms with Crippen molar-refractivity contribution in [3.63, 3.8) is 0 Å². The molecule has 0 bridgehead atoms. The SMILES string of the molecule is CCCCNC(=O)[C@@H](Cc1ccccc1)N(Cc1ccc(F)cc1)C(=O)CCCOc1ccccc1. The van der Waals surface area contributed by atoms with Gasteiger partial charge < -0.3 is 15.0 Å². The molecule has 0 heterocycles.